The molecule has 0 spiro atoms. The van der Waals surface area contributed by atoms with Crippen molar-refractivity contribution in [3.63, 3.8) is 0 Å². The van der Waals surface area contributed by atoms with Crippen molar-refractivity contribution in [2.24, 2.45) is 17.8 Å². The van der Waals surface area contributed by atoms with E-state index in [2.05, 4.69) is 33.0 Å². The molecule has 0 unspecified atom stereocenters. The van der Waals surface area contributed by atoms with E-state index in [0.29, 0.717) is 47.0 Å². The lowest BCUT2D eigenvalue weighted by atomic mass is 9.85. The van der Waals surface area contributed by atoms with Crippen LogP contribution in [0, 0.1) is 17.8 Å². The molecule has 1 amide bonds. The highest BCUT2D eigenvalue weighted by molar-refractivity contribution is 6.00. The Bertz CT molecular complexity index is 518. The highest BCUT2D eigenvalue weighted by atomic mass is 16.7. The van der Waals surface area contributed by atoms with E-state index in [0.717, 1.165) is 0 Å². The van der Waals surface area contributed by atoms with Gasteiger partial charge in [0, 0.05) is 18.3 Å². The van der Waals surface area contributed by atoms with E-state index in [1.807, 2.05) is 0 Å². The van der Waals surface area contributed by atoms with Gasteiger partial charge in [0.15, 0.2) is 11.5 Å². The van der Waals surface area contributed by atoms with Crippen LogP contribution in [-0.4, -0.2) is 19.2 Å². The summed E-state index contributed by atoms with van der Waals surface area (Å²) in [7, 11) is 0. The minimum absolute atomic E-state index is 0.169. The SMILES string of the molecule is CC(C)C(CNC(=O)c1cc2c(cc1N)OCO2)C(C)C. The first-order chi connectivity index (χ1) is 9.90. The Morgan fingerprint density at radius 3 is 2.33 bits per heavy atom. The fourth-order valence-corrected chi connectivity index (χ4v) is 2.70. The maximum absolute atomic E-state index is 12.3. The number of anilines is 1. The third-order valence-corrected chi connectivity index (χ3v) is 4.00. The monoisotopic (exact) mass is 292 g/mol. The zero-order chi connectivity index (χ0) is 15.6. The summed E-state index contributed by atoms with van der Waals surface area (Å²) < 4.78 is 10.5. The van der Waals surface area contributed by atoms with Gasteiger partial charge in [0.1, 0.15) is 0 Å². The number of carbonyl (C=O) groups is 1. The number of carbonyl (C=O) groups excluding carboxylic acids is 1. The van der Waals surface area contributed by atoms with E-state index in [4.69, 9.17) is 15.2 Å². The van der Waals surface area contributed by atoms with E-state index in [9.17, 15) is 4.79 Å². The molecule has 116 valence electrons. The Labute approximate surface area is 125 Å². The molecule has 21 heavy (non-hydrogen) atoms. The Balaban J connectivity index is 2.07. The number of nitrogens with one attached hydrogen (secondary N) is 1. The van der Waals surface area contributed by atoms with Crippen LogP contribution in [0.15, 0.2) is 12.1 Å². The Hall–Kier alpha value is -1.91. The van der Waals surface area contributed by atoms with Crippen molar-refractivity contribution in [2.45, 2.75) is 27.7 Å². The fourth-order valence-electron chi connectivity index (χ4n) is 2.70. The topological polar surface area (TPSA) is 73.6 Å². The lowest BCUT2D eigenvalue weighted by molar-refractivity contribution is 0.0937. The van der Waals surface area contributed by atoms with Crippen LogP contribution >= 0.6 is 0 Å². The number of benzene rings is 1. The Morgan fingerprint density at radius 1 is 1.19 bits per heavy atom. The summed E-state index contributed by atoms with van der Waals surface area (Å²) in [5, 5.41) is 2.98. The van der Waals surface area contributed by atoms with Gasteiger partial charge in [-0.3, -0.25) is 4.79 Å². The molecule has 0 saturated carbocycles. The smallest absolute Gasteiger partial charge is 0.253 e. The second-order valence-electron chi connectivity index (χ2n) is 6.15. The van der Waals surface area contributed by atoms with E-state index in [1.54, 1.807) is 12.1 Å². The summed E-state index contributed by atoms with van der Waals surface area (Å²) in [4.78, 5) is 12.3. The first-order valence-corrected chi connectivity index (χ1v) is 7.37. The molecular weight excluding hydrogens is 268 g/mol. The van der Waals surface area contributed by atoms with Crippen molar-refractivity contribution in [3.8, 4) is 11.5 Å². The summed E-state index contributed by atoms with van der Waals surface area (Å²) in [5.41, 5.74) is 6.76. The lowest BCUT2D eigenvalue weighted by Gasteiger charge is -2.25. The first kappa shape index (κ1) is 15.5. The largest absolute Gasteiger partial charge is 0.454 e. The van der Waals surface area contributed by atoms with Crippen LogP contribution in [0.2, 0.25) is 0 Å². The van der Waals surface area contributed by atoms with Gasteiger partial charge in [0.25, 0.3) is 5.91 Å². The Kier molecular flexibility index (Phi) is 4.60. The maximum atomic E-state index is 12.3. The molecule has 1 aromatic carbocycles. The van der Waals surface area contributed by atoms with Gasteiger partial charge < -0.3 is 20.5 Å². The quantitative estimate of drug-likeness (QED) is 0.818. The van der Waals surface area contributed by atoms with Gasteiger partial charge >= 0.3 is 0 Å². The van der Waals surface area contributed by atoms with Crippen LogP contribution in [0.4, 0.5) is 5.69 Å². The molecule has 1 aliphatic rings. The molecule has 0 saturated heterocycles. The lowest BCUT2D eigenvalue weighted by Crippen LogP contribution is -2.34. The molecule has 1 aliphatic heterocycles. The maximum Gasteiger partial charge on any atom is 0.253 e. The van der Waals surface area contributed by atoms with Crippen LogP contribution in [-0.2, 0) is 0 Å². The number of nitrogen functional groups attached to an aromatic ring is 1. The molecule has 5 heteroatoms. The molecule has 3 N–H and O–H groups in total. The van der Waals surface area contributed by atoms with Crippen molar-refractivity contribution in [3.05, 3.63) is 17.7 Å². The van der Waals surface area contributed by atoms with E-state index in [-0.39, 0.29) is 12.7 Å². The molecule has 0 fully saturated rings. The van der Waals surface area contributed by atoms with Crippen molar-refractivity contribution < 1.29 is 14.3 Å². The number of fused-ring (bicyclic) bond motifs is 1. The third kappa shape index (κ3) is 3.40. The van der Waals surface area contributed by atoms with Crippen LogP contribution in [0.3, 0.4) is 0 Å². The highest BCUT2D eigenvalue weighted by Crippen LogP contribution is 2.35. The van der Waals surface area contributed by atoms with E-state index in [1.165, 1.54) is 0 Å². The summed E-state index contributed by atoms with van der Waals surface area (Å²) in [6.07, 6.45) is 0. The second-order valence-corrected chi connectivity index (χ2v) is 6.15. The summed E-state index contributed by atoms with van der Waals surface area (Å²) in [5.74, 6) is 2.45. The third-order valence-electron chi connectivity index (χ3n) is 4.00. The van der Waals surface area contributed by atoms with Crippen molar-refractivity contribution >= 4 is 11.6 Å². The fraction of sp³-hybridized carbons (Fsp3) is 0.562. The van der Waals surface area contributed by atoms with Crippen LogP contribution < -0.4 is 20.5 Å². The molecule has 1 aromatic rings. The van der Waals surface area contributed by atoms with Gasteiger partial charge in [0.2, 0.25) is 6.79 Å². The predicted molar refractivity (Wildman–Crippen MR) is 82.5 cm³/mol. The van der Waals surface area contributed by atoms with Crippen molar-refractivity contribution in [2.75, 3.05) is 19.1 Å². The minimum Gasteiger partial charge on any atom is -0.454 e. The molecule has 0 radical (unpaired) electrons. The first-order valence-electron chi connectivity index (χ1n) is 7.37. The molecule has 2 rings (SSSR count). The number of rotatable bonds is 5. The number of amides is 1. The van der Waals surface area contributed by atoms with Crippen LogP contribution in [0.5, 0.6) is 11.5 Å². The average molecular weight is 292 g/mol. The summed E-state index contributed by atoms with van der Waals surface area (Å²) in [6.45, 7) is 9.50. The minimum atomic E-state index is -0.169. The molecule has 0 bridgehead atoms. The molecular formula is C16H24N2O3. The molecule has 0 aromatic heterocycles. The number of nitrogens with two attached hydrogens (primary N) is 1. The molecule has 0 aliphatic carbocycles. The van der Waals surface area contributed by atoms with E-state index >= 15 is 0 Å². The van der Waals surface area contributed by atoms with Gasteiger partial charge in [0.05, 0.1) is 5.56 Å². The predicted octanol–water partition coefficient (Wildman–Crippen LogP) is 2.66. The van der Waals surface area contributed by atoms with Gasteiger partial charge in [-0.15, -0.1) is 0 Å². The zero-order valence-corrected chi connectivity index (χ0v) is 13.1. The number of ether oxygens (including phenoxy) is 2. The molecule has 5 nitrogen and oxygen atoms in total. The highest BCUT2D eigenvalue weighted by Gasteiger charge is 2.22. The average Bonchev–Trinajstić information content (AvgIpc) is 2.83. The van der Waals surface area contributed by atoms with Crippen molar-refractivity contribution in [1.29, 1.82) is 0 Å². The van der Waals surface area contributed by atoms with Gasteiger partial charge in [-0.25, -0.2) is 0 Å². The summed E-state index contributed by atoms with van der Waals surface area (Å²) >= 11 is 0. The van der Waals surface area contributed by atoms with Crippen molar-refractivity contribution in [1.82, 2.24) is 5.32 Å². The number of hydrogen-bond donors (Lipinski definition) is 2. The van der Waals surface area contributed by atoms with Crippen LogP contribution in [0.25, 0.3) is 0 Å². The molecule has 0 atom stereocenters. The van der Waals surface area contributed by atoms with E-state index < -0.39 is 0 Å². The normalized spacial score (nSPS) is 13.3. The zero-order valence-electron chi connectivity index (χ0n) is 13.1. The number of hydrogen-bond acceptors (Lipinski definition) is 4. The Morgan fingerprint density at radius 2 is 1.76 bits per heavy atom. The van der Waals surface area contributed by atoms with Gasteiger partial charge in [-0.1, -0.05) is 27.7 Å². The standard InChI is InChI=1S/C16H24N2O3/c1-9(2)12(10(3)4)7-18-16(19)11-5-14-15(6-13(11)17)21-8-20-14/h5-6,9-10,12H,7-8,17H2,1-4H3,(H,18,19). The summed E-state index contributed by atoms with van der Waals surface area (Å²) in [6, 6.07) is 3.28. The van der Waals surface area contributed by atoms with Crippen LogP contribution in [0.1, 0.15) is 38.1 Å². The van der Waals surface area contributed by atoms with Gasteiger partial charge in [-0.2, -0.15) is 0 Å². The molecule has 1 heterocycles. The van der Waals surface area contributed by atoms with Gasteiger partial charge in [-0.05, 0) is 23.8 Å². The second kappa shape index (κ2) is 6.24.